The van der Waals surface area contributed by atoms with Gasteiger partial charge in [-0.25, -0.2) is 8.42 Å². The Kier molecular flexibility index (Phi) is 4.84. The molecular formula is C20H24N2O3S. The fourth-order valence-corrected chi connectivity index (χ4v) is 5.89. The highest BCUT2D eigenvalue weighted by Crippen LogP contribution is 2.40. The first-order valence-corrected chi connectivity index (χ1v) is 10.5. The van der Waals surface area contributed by atoms with Gasteiger partial charge in [0.15, 0.2) is 0 Å². The van der Waals surface area contributed by atoms with E-state index >= 15 is 0 Å². The number of fused-ring (bicyclic) bond motifs is 1. The molecule has 138 valence electrons. The Morgan fingerprint density at radius 1 is 0.923 bits per heavy atom. The van der Waals surface area contributed by atoms with E-state index in [9.17, 15) is 13.5 Å². The normalized spacial score (nSPS) is 27.3. The van der Waals surface area contributed by atoms with Crippen LogP contribution in [0.1, 0.15) is 11.5 Å². The molecule has 2 aliphatic rings. The molecule has 0 unspecified atom stereocenters. The fraction of sp³-hybridized carbons (Fsp3) is 0.400. The maximum atomic E-state index is 13.0. The van der Waals surface area contributed by atoms with Crippen molar-refractivity contribution in [2.24, 2.45) is 5.92 Å². The number of aliphatic hydroxyl groups excluding tert-OH is 1. The molecule has 6 heteroatoms. The van der Waals surface area contributed by atoms with Crippen LogP contribution >= 0.6 is 0 Å². The average Bonchev–Trinajstić information content (AvgIpc) is 3.07. The van der Waals surface area contributed by atoms with Gasteiger partial charge in [-0.3, -0.25) is 4.90 Å². The summed E-state index contributed by atoms with van der Waals surface area (Å²) in [7, 11) is -3.49. The summed E-state index contributed by atoms with van der Waals surface area (Å²) < 4.78 is 27.7. The molecule has 0 amide bonds. The van der Waals surface area contributed by atoms with E-state index in [1.54, 1.807) is 28.6 Å². The van der Waals surface area contributed by atoms with E-state index in [0.29, 0.717) is 24.5 Å². The predicted molar refractivity (Wildman–Crippen MR) is 100 cm³/mol. The Hall–Kier alpha value is -1.73. The van der Waals surface area contributed by atoms with Crippen LogP contribution < -0.4 is 0 Å². The number of hydrogen-bond donors (Lipinski definition) is 1. The molecule has 2 heterocycles. The van der Waals surface area contributed by atoms with Crippen LogP contribution in [-0.2, 0) is 10.0 Å². The van der Waals surface area contributed by atoms with Crippen LogP contribution in [0.4, 0.5) is 0 Å². The second-order valence-corrected chi connectivity index (χ2v) is 9.06. The van der Waals surface area contributed by atoms with E-state index in [4.69, 9.17) is 0 Å². The van der Waals surface area contributed by atoms with Crippen molar-refractivity contribution >= 4 is 10.0 Å². The summed E-state index contributed by atoms with van der Waals surface area (Å²) in [4.78, 5) is 2.69. The highest BCUT2D eigenvalue weighted by Gasteiger charge is 2.46. The van der Waals surface area contributed by atoms with Gasteiger partial charge in [0.25, 0.3) is 0 Å². The van der Waals surface area contributed by atoms with E-state index in [2.05, 4.69) is 17.0 Å². The summed E-state index contributed by atoms with van der Waals surface area (Å²) in [6.45, 7) is 2.61. The van der Waals surface area contributed by atoms with Crippen molar-refractivity contribution in [3.05, 3.63) is 66.2 Å². The van der Waals surface area contributed by atoms with Gasteiger partial charge in [0, 0.05) is 50.7 Å². The topological polar surface area (TPSA) is 60.9 Å². The molecule has 2 saturated heterocycles. The summed E-state index contributed by atoms with van der Waals surface area (Å²) in [5.41, 5.74) is 1.18. The van der Waals surface area contributed by atoms with Crippen LogP contribution in [0.25, 0.3) is 0 Å². The molecule has 4 rings (SSSR count). The Morgan fingerprint density at radius 2 is 1.58 bits per heavy atom. The summed E-state index contributed by atoms with van der Waals surface area (Å²) in [5.74, 6) is 0.289. The van der Waals surface area contributed by atoms with Gasteiger partial charge < -0.3 is 5.11 Å². The third-order valence-corrected chi connectivity index (χ3v) is 7.57. The third kappa shape index (κ3) is 3.07. The number of sulfonamides is 1. The lowest BCUT2D eigenvalue weighted by Crippen LogP contribution is -2.53. The SMILES string of the molecule is O=S(=O)(c1ccccc1)N1CCN2C[C@@H](CO)[C@H](c3ccccc3)[C@H]2C1. The van der Waals surface area contributed by atoms with Crippen molar-refractivity contribution in [3.63, 3.8) is 0 Å². The van der Waals surface area contributed by atoms with E-state index in [1.807, 2.05) is 24.3 Å². The molecule has 0 aromatic heterocycles. The quantitative estimate of drug-likeness (QED) is 0.889. The number of rotatable bonds is 4. The smallest absolute Gasteiger partial charge is 0.243 e. The van der Waals surface area contributed by atoms with Gasteiger partial charge in [-0.15, -0.1) is 0 Å². The maximum Gasteiger partial charge on any atom is 0.243 e. The zero-order valence-corrected chi connectivity index (χ0v) is 15.4. The number of hydrogen-bond acceptors (Lipinski definition) is 4. The van der Waals surface area contributed by atoms with E-state index in [-0.39, 0.29) is 24.5 Å². The van der Waals surface area contributed by atoms with Crippen LogP contribution in [-0.4, -0.2) is 61.6 Å². The molecule has 0 aliphatic carbocycles. The second kappa shape index (κ2) is 7.12. The van der Waals surface area contributed by atoms with Crippen molar-refractivity contribution < 1.29 is 13.5 Å². The minimum Gasteiger partial charge on any atom is -0.396 e. The third-order valence-electron chi connectivity index (χ3n) is 5.69. The van der Waals surface area contributed by atoms with Gasteiger partial charge >= 0.3 is 0 Å². The first-order valence-electron chi connectivity index (χ1n) is 9.06. The highest BCUT2D eigenvalue weighted by molar-refractivity contribution is 7.89. The molecule has 5 nitrogen and oxygen atoms in total. The number of piperazine rings is 1. The lowest BCUT2D eigenvalue weighted by atomic mass is 9.84. The molecule has 1 N–H and O–H groups in total. The molecule has 2 aromatic rings. The van der Waals surface area contributed by atoms with E-state index in [1.165, 1.54) is 5.56 Å². The summed E-state index contributed by atoms with van der Waals surface area (Å²) in [6.07, 6.45) is 0. The first kappa shape index (κ1) is 17.7. The van der Waals surface area contributed by atoms with E-state index in [0.717, 1.165) is 6.54 Å². The van der Waals surface area contributed by atoms with Crippen molar-refractivity contribution in [1.82, 2.24) is 9.21 Å². The van der Waals surface area contributed by atoms with Crippen molar-refractivity contribution in [2.45, 2.75) is 16.9 Å². The van der Waals surface area contributed by atoms with Crippen LogP contribution in [0.15, 0.2) is 65.6 Å². The Morgan fingerprint density at radius 3 is 2.23 bits per heavy atom. The van der Waals surface area contributed by atoms with Gasteiger partial charge in [0.1, 0.15) is 0 Å². The molecular weight excluding hydrogens is 348 g/mol. The fourth-order valence-electron chi connectivity index (χ4n) is 4.42. The summed E-state index contributed by atoms with van der Waals surface area (Å²) >= 11 is 0. The molecule has 3 atom stereocenters. The monoisotopic (exact) mass is 372 g/mol. The summed E-state index contributed by atoms with van der Waals surface area (Å²) in [6, 6.07) is 18.9. The average molecular weight is 372 g/mol. The highest BCUT2D eigenvalue weighted by atomic mass is 32.2. The Balaban J connectivity index is 1.63. The van der Waals surface area contributed by atoms with E-state index < -0.39 is 10.0 Å². The first-order chi connectivity index (χ1) is 12.6. The minimum atomic E-state index is -3.49. The molecule has 0 saturated carbocycles. The second-order valence-electron chi connectivity index (χ2n) is 7.12. The van der Waals surface area contributed by atoms with Crippen molar-refractivity contribution in [2.75, 3.05) is 32.8 Å². The predicted octanol–water partition coefficient (Wildman–Crippen LogP) is 1.77. The summed E-state index contributed by atoms with van der Waals surface area (Å²) in [5, 5.41) is 9.89. The molecule has 2 aromatic carbocycles. The molecule has 0 bridgehead atoms. The van der Waals surface area contributed by atoms with Crippen LogP contribution in [0.5, 0.6) is 0 Å². The Labute approximate surface area is 154 Å². The molecule has 2 fully saturated rings. The molecule has 26 heavy (non-hydrogen) atoms. The standard InChI is InChI=1S/C20H24N2O3S/c23-15-17-13-21-11-12-22(26(24,25)18-9-5-2-6-10-18)14-19(21)20(17)16-7-3-1-4-8-16/h1-10,17,19-20,23H,11-15H2/t17-,19+,20-/m0/s1. The molecule has 0 radical (unpaired) electrons. The van der Waals surface area contributed by atoms with Crippen molar-refractivity contribution in [1.29, 1.82) is 0 Å². The lowest BCUT2D eigenvalue weighted by Gasteiger charge is -2.39. The molecule has 2 aliphatic heterocycles. The minimum absolute atomic E-state index is 0.0989. The zero-order chi connectivity index (χ0) is 18.1. The van der Waals surface area contributed by atoms with Gasteiger partial charge in [-0.05, 0) is 17.7 Å². The van der Waals surface area contributed by atoms with Crippen LogP contribution in [0, 0.1) is 5.92 Å². The van der Waals surface area contributed by atoms with Gasteiger partial charge in [-0.2, -0.15) is 4.31 Å². The van der Waals surface area contributed by atoms with Gasteiger partial charge in [0.05, 0.1) is 4.90 Å². The van der Waals surface area contributed by atoms with Gasteiger partial charge in [-0.1, -0.05) is 48.5 Å². The molecule has 0 spiro atoms. The van der Waals surface area contributed by atoms with Crippen LogP contribution in [0.3, 0.4) is 0 Å². The largest absolute Gasteiger partial charge is 0.396 e. The van der Waals surface area contributed by atoms with Crippen molar-refractivity contribution in [3.8, 4) is 0 Å². The van der Waals surface area contributed by atoms with Crippen LogP contribution in [0.2, 0.25) is 0 Å². The van der Waals surface area contributed by atoms with Gasteiger partial charge in [0.2, 0.25) is 10.0 Å². The maximum absolute atomic E-state index is 13.0. The number of nitrogens with zero attached hydrogens (tertiary/aromatic N) is 2. The lowest BCUT2D eigenvalue weighted by molar-refractivity contribution is 0.150. The zero-order valence-electron chi connectivity index (χ0n) is 14.6. The number of benzene rings is 2. The Bertz CT molecular complexity index is 842. The number of aliphatic hydroxyl groups is 1.